The molecule has 10 heteroatoms. The number of rotatable bonds is 4. The Labute approximate surface area is 99.6 Å². The van der Waals surface area contributed by atoms with Gasteiger partial charge in [-0.25, -0.2) is 10.1 Å². The van der Waals surface area contributed by atoms with Crippen LogP contribution in [0.4, 0.5) is 17.1 Å². The Morgan fingerprint density at radius 3 is 2.00 bits per heavy atom. The number of aryl methyl sites for hydroxylation is 1. The molecule has 0 saturated heterocycles. The molecule has 1 aromatic rings. The summed E-state index contributed by atoms with van der Waals surface area (Å²) in [4.78, 5) is 30.2. The number of hydrogen-bond acceptors (Lipinski definition) is 6. The van der Waals surface area contributed by atoms with Crippen molar-refractivity contribution in [3.63, 3.8) is 0 Å². The Morgan fingerprint density at radius 1 is 1.06 bits per heavy atom. The van der Waals surface area contributed by atoms with Crippen LogP contribution in [0.2, 0.25) is 0 Å². The maximum atomic E-state index is 10.9. The van der Waals surface area contributed by atoms with Gasteiger partial charge in [-0.3, -0.25) is 20.2 Å². The highest BCUT2D eigenvalue weighted by Gasteiger charge is 2.32. The number of benzene rings is 1. The molecule has 0 unspecified atom stereocenters. The lowest BCUT2D eigenvalue weighted by atomic mass is 10.1. The summed E-state index contributed by atoms with van der Waals surface area (Å²) in [6, 6.07) is 1.05. The van der Waals surface area contributed by atoms with Crippen molar-refractivity contribution < 1.29 is 14.9 Å². The normalized spacial score (nSPS) is 9.89. The molecular formula is C8H8N4O6. The van der Waals surface area contributed by atoms with Crippen LogP contribution in [0.25, 0.3) is 0 Å². The Balaban J connectivity index is 3.68. The van der Waals surface area contributed by atoms with E-state index in [2.05, 4.69) is 0 Å². The molecule has 0 saturated carbocycles. The molecule has 0 atom stereocenters. The lowest BCUT2D eigenvalue weighted by Crippen LogP contribution is -2.13. The summed E-state index contributed by atoms with van der Waals surface area (Å²) in [5, 5.41) is 30.9. The Morgan fingerprint density at radius 2 is 1.61 bits per heavy atom. The highest BCUT2D eigenvalue weighted by atomic mass is 16.7. The molecule has 0 aromatic heterocycles. The summed E-state index contributed by atoms with van der Waals surface area (Å²) in [7, 11) is 0. The zero-order chi connectivity index (χ0) is 14.0. The average molecular weight is 256 g/mol. The molecule has 1 aromatic carbocycles. The van der Waals surface area contributed by atoms with Crippen molar-refractivity contribution in [2.24, 2.45) is 0 Å². The molecule has 1 rings (SSSR count). The maximum absolute atomic E-state index is 10.9. The number of nitrogens with zero attached hydrogens (tertiary/aromatic N) is 3. The minimum Gasteiger partial charge on any atom is -0.258 e. The van der Waals surface area contributed by atoms with Gasteiger partial charge in [0.2, 0.25) is 0 Å². The molecule has 1 N–H and O–H groups in total. The van der Waals surface area contributed by atoms with E-state index in [0.29, 0.717) is 5.56 Å². The van der Waals surface area contributed by atoms with E-state index >= 15 is 0 Å². The second kappa shape index (κ2) is 4.61. The smallest absolute Gasteiger partial charge is 0.258 e. The number of anilines is 1. The average Bonchev–Trinajstić information content (AvgIpc) is 2.21. The number of nitro benzene ring substituents is 2. The lowest BCUT2D eigenvalue weighted by molar-refractivity contribution is -0.449. The second-order valence-corrected chi connectivity index (χ2v) is 3.44. The summed E-state index contributed by atoms with van der Waals surface area (Å²) in [6.45, 7) is 2.81. The van der Waals surface area contributed by atoms with Crippen molar-refractivity contribution in [3.8, 4) is 0 Å². The number of hydrogen-bond donors (Lipinski definition) is 1. The fourth-order valence-electron chi connectivity index (χ4n) is 1.45. The van der Waals surface area contributed by atoms with Gasteiger partial charge in [0.25, 0.3) is 5.69 Å². The zero-order valence-corrected chi connectivity index (χ0v) is 9.37. The van der Waals surface area contributed by atoms with E-state index in [1.807, 2.05) is 0 Å². The van der Waals surface area contributed by atoms with Gasteiger partial charge >= 0.3 is 11.4 Å². The van der Waals surface area contributed by atoms with Crippen molar-refractivity contribution in [2.45, 2.75) is 13.8 Å². The van der Waals surface area contributed by atoms with Crippen LogP contribution in [0, 0.1) is 44.2 Å². The summed E-state index contributed by atoms with van der Waals surface area (Å²) >= 11 is 0. The Hall–Kier alpha value is -2.78. The van der Waals surface area contributed by atoms with Crippen LogP contribution in [0.15, 0.2) is 6.07 Å². The summed E-state index contributed by atoms with van der Waals surface area (Å²) in [6.07, 6.45) is 0. The van der Waals surface area contributed by atoms with Crippen molar-refractivity contribution in [3.05, 3.63) is 47.5 Å². The van der Waals surface area contributed by atoms with Gasteiger partial charge in [-0.1, -0.05) is 5.43 Å². The zero-order valence-electron chi connectivity index (χ0n) is 9.37. The molecule has 0 heterocycles. The van der Waals surface area contributed by atoms with Crippen LogP contribution in [0.5, 0.6) is 0 Å². The molecular weight excluding hydrogens is 248 g/mol. The molecule has 0 aliphatic heterocycles. The van der Waals surface area contributed by atoms with Gasteiger partial charge in [0, 0.05) is 11.6 Å². The third-order valence-corrected chi connectivity index (χ3v) is 2.38. The van der Waals surface area contributed by atoms with Gasteiger partial charge in [0.05, 0.1) is 9.85 Å². The summed E-state index contributed by atoms with van der Waals surface area (Å²) < 4.78 is 0. The number of hydrazine groups is 1. The maximum Gasteiger partial charge on any atom is 0.308 e. The van der Waals surface area contributed by atoms with E-state index in [1.54, 1.807) is 0 Å². The van der Waals surface area contributed by atoms with Crippen LogP contribution >= 0.6 is 0 Å². The van der Waals surface area contributed by atoms with Crippen molar-refractivity contribution in [1.29, 1.82) is 0 Å². The third-order valence-electron chi connectivity index (χ3n) is 2.38. The van der Waals surface area contributed by atoms with Crippen LogP contribution in [0.3, 0.4) is 0 Å². The van der Waals surface area contributed by atoms with Crippen molar-refractivity contribution in [2.75, 3.05) is 5.43 Å². The Kier molecular flexibility index (Phi) is 3.40. The first-order valence-corrected chi connectivity index (χ1v) is 4.59. The second-order valence-electron chi connectivity index (χ2n) is 3.44. The molecule has 10 nitrogen and oxygen atoms in total. The van der Waals surface area contributed by atoms with E-state index in [9.17, 15) is 30.3 Å². The summed E-state index contributed by atoms with van der Waals surface area (Å²) in [5.74, 6) is 0. The minimum atomic E-state index is -1.08. The molecule has 0 aliphatic carbocycles. The molecule has 0 radical (unpaired) electrons. The first-order chi connectivity index (χ1) is 8.25. The predicted octanol–water partition coefficient (Wildman–Crippen LogP) is 1.72. The number of nitrogens with one attached hydrogen (secondary N) is 1. The van der Waals surface area contributed by atoms with Crippen molar-refractivity contribution >= 4 is 17.1 Å². The molecule has 0 fully saturated rings. The lowest BCUT2D eigenvalue weighted by Gasteiger charge is -2.06. The van der Waals surface area contributed by atoms with Gasteiger partial charge < -0.3 is 0 Å². The number of nitro groups is 3. The quantitative estimate of drug-likeness (QED) is 0.638. The molecule has 0 spiro atoms. The van der Waals surface area contributed by atoms with Crippen LogP contribution in [-0.4, -0.2) is 14.9 Å². The summed E-state index contributed by atoms with van der Waals surface area (Å²) in [5.41, 5.74) is -0.146. The van der Waals surface area contributed by atoms with E-state index in [0.717, 1.165) is 6.07 Å². The molecule has 0 aliphatic rings. The van der Waals surface area contributed by atoms with E-state index < -0.39 is 31.9 Å². The van der Waals surface area contributed by atoms with Crippen LogP contribution in [0.1, 0.15) is 11.1 Å². The standard InChI is InChI=1S/C8H8N4O6/c1-4-3-6(10(13)14)7(9-12(17)18)8(5(4)2)11(15)16/h3,9H,1-2H3. The van der Waals surface area contributed by atoms with E-state index in [4.69, 9.17) is 0 Å². The SMILES string of the molecule is Cc1cc([N+](=O)[O-])c(N[N+](=O)[O-])c([N+](=O)[O-])c1C. The van der Waals surface area contributed by atoms with Crippen LogP contribution < -0.4 is 5.43 Å². The molecule has 0 bridgehead atoms. The first-order valence-electron chi connectivity index (χ1n) is 4.59. The molecule has 18 heavy (non-hydrogen) atoms. The van der Waals surface area contributed by atoms with Crippen molar-refractivity contribution in [1.82, 2.24) is 0 Å². The molecule has 96 valence electrons. The fraction of sp³-hybridized carbons (Fsp3) is 0.250. The largest absolute Gasteiger partial charge is 0.308 e. The van der Waals surface area contributed by atoms with Gasteiger partial charge in [0.1, 0.15) is 0 Å². The van der Waals surface area contributed by atoms with E-state index in [-0.39, 0.29) is 5.56 Å². The topological polar surface area (TPSA) is 141 Å². The van der Waals surface area contributed by atoms with Gasteiger partial charge in [0.15, 0.2) is 5.03 Å². The van der Waals surface area contributed by atoms with Gasteiger partial charge in [-0.15, -0.1) is 0 Å². The third kappa shape index (κ3) is 2.31. The monoisotopic (exact) mass is 256 g/mol. The Bertz CT molecular complexity index is 555. The highest BCUT2D eigenvalue weighted by Crippen LogP contribution is 2.38. The predicted molar refractivity (Wildman–Crippen MR) is 59.8 cm³/mol. The first kappa shape index (κ1) is 13.3. The van der Waals surface area contributed by atoms with Crippen LogP contribution in [-0.2, 0) is 0 Å². The highest BCUT2D eigenvalue weighted by molar-refractivity contribution is 5.76. The van der Waals surface area contributed by atoms with E-state index in [1.165, 1.54) is 19.3 Å². The van der Waals surface area contributed by atoms with Gasteiger partial charge in [-0.2, -0.15) is 0 Å². The minimum absolute atomic E-state index is 0.134. The molecule has 0 amide bonds. The fourth-order valence-corrected chi connectivity index (χ4v) is 1.45. The van der Waals surface area contributed by atoms with Gasteiger partial charge in [-0.05, 0) is 19.4 Å².